The summed E-state index contributed by atoms with van der Waals surface area (Å²) in [4.78, 5) is 19.1. The van der Waals surface area contributed by atoms with Gasteiger partial charge in [-0.3, -0.25) is 4.57 Å². The fourth-order valence-electron chi connectivity index (χ4n) is 4.08. The lowest BCUT2D eigenvalue weighted by atomic mass is 10.0. The van der Waals surface area contributed by atoms with Gasteiger partial charge in [0.1, 0.15) is 6.54 Å². The predicted octanol–water partition coefficient (Wildman–Crippen LogP) is 6.77. The van der Waals surface area contributed by atoms with Gasteiger partial charge in [-0.2, -0.15) is 0 Å². The fraction of sp³-hybridized carbons (Fsp3) is 0.920. The molecule has 0 heterocycles. The number of hydrogen-bond acceptors (Lipinski definition) is 2. The van der Waals surface area contributed by atoms with Crippen molar-refractivity contribution in [1.82, 2.24) is 0 Å². The van der Waals surface area contributed by atoms with Crippen LogP contribution in [0.1, 0.15) is 116 Å². The third kappa shape index (κ3) is 18.0. The van der Waals surface area contributed by atoms with Gasteiger partial charge in [0.15, 0.2) is 0 Å². The van der Waals surface area contributed by atoms with Gasteiger partial charge in [-0.1, -0.05) is 103 Å². The van der Waals surface area contributed by atoms with E-state index in [4.69, 9.17) is 0 Å². The Balaban J connectivity index is 3.66. The van der Waals surface area contributed by atoms with E-state index in [0.29, 0.717) is 10.9 Å². The van der Waals surface area contributed by atoms with Gasteiger partial charge in [-0.15, -0.1) is 0 Å². The Kier molecular flexibility index (Phi) is 17.2. The van der Waals surface area contributed by atoms with Crippen LogP contribution in [0.2, 0.25) is 0 Å². The zero-order valence-electron chi connectivity index (χ0n) is 21.0. The monoisotopic (exact) mass is 462 g/mol. The van der Waals surface area contributed by atoms with Crippen molar-refractivity contribution >= 4 is 7.60 Å². The van der Waals surface area contributed by atoms with Gasteiger partial charge in [0.25, 0.3) is 0 Å². The van der Waals surface area contributed by atoms with Crippen molar-refractivity contribution in [2.24, 2.45) is 0 Å². The number of likely N-dealkylation sites (N-methyl/N-ethyl adjacent to an activating group) is 1. The van der Waals surface area contributed by atoms with Gasteiger partial charge in [0.2, 0.25) is 5.34 Å². The van der Waals surface area contributed by atoms with Crippen LogP contribution in [0.5, 0.6) is 0 Å². The lowest BCUT2D eigenvalue weighted by Crippen LogP contribution is -2.49. The molecule has 6 heteroatoms. The quantitative estimate of drug-likeness (QED) is 0.0761. The third-order valence-electron chi connectivity index (χ3n) is 5.87. The molecule has 0 aromatic rings. The number of unbranched alkanes of at least 4 members (excludes halogenated alkanes) is 14. The Labute approximate surface area is 193 Å². The second-order valence-electron chi connectivity index (χ2n) is 10.4. The lowest BCUT2D eigenvalue weighted by molar-refractivity contribution is -0.875. The minimum atomic E-state index is -4.57. The average molecular weight is 463 g/mol. The van der Waals surface area contributed by atoms with Crippen LogP contribution in [0.15, 0.2) is 12.2 Å². The van der Waals surface area contributed by atoms with Crippen LogP contribution in [-0.4, -0.2) is 52.4 Å². The lowest BCUT2D eigenvalue weighted by Gasteiger charge is -2.35. The SMILES string of the molecule is CCCCCCCCCCCCCCCC/C=C\CCC(O)(C[N+](C)(C)C)P(=O)(O)O. The molecule has 31 heavy (non-hydrogen) atoms. The van der Waals surface area contributed by atoms with Crippen LogP contribution >= 0.6 is 7.60 Å². The second-order valence-corrected chi connectivity index (χ2v) is 12.3. The van der Waals surface area contributed by atoms with Gasteiger partial charge in [-0.05, 0) is 25.7 Å². The van der Waals surface area contributed by atoms with Gasteiger partial charge in [0.05, 0.1) is 21.1 Å². The van der Waals surface area contributed by atoms with E-state index in [9.17, 15) is 19.5 Å². The van der Waals surface area contributed by atoms with Gasteiger partial charge in [-0.25, -0.2) is 0 Å². The van der Waals surface area contributed by atoms with E-state index in [2.05, 4.69) is 13.0 Å². The summed E-state index contributed by atoms with van der Waals surface area (Å²) < 4.78 is 12.1. The molecule has 0 spiro atoms. The first kappa shape index (κ1) is 30.8. The van der Waals surface area contributed by atoms with Crippen LogP contribution in [0.25, 0.3) is 0 Å². The molecular weight excluding hydrogens is 409 g/mol. The first-order valence-corrected chi connectivity index (χ1v) is 14.4. The molecule has 5 nitrogen and oxygen atoms in total. The largest absolute Gasteiger partial charge is 0.373 e. The van der Waals surface area contributed by atoms with Crippen molar-refractivity contribution < 1.29 is 23.9 Å². The molecule has 0 aromatic carbocycles. The summed E-state index contributed by atoms with van der Waals surface area (Å²) in [6, 6.07) is 0. The third-order valence-corrected chi connectivity index (χ3v) is 7.32. The van der Waals surface area contributed by atoms with E-state index in [0.717, 1.165) is 12.8 Å². The Morgan fingerprint density at radius 3 is 1.48 bits per heavy atom. The Bertz CT molecular complexity index is 498. The highest BCUT2D eigenvalue weighted by Gasteiger charge is 2.48. The Morgan fingerprint density at radius 1 is 0.710 bits per heavy atom. The number of nitrogens with zero attached hydrogens (tertiary/aromatic N) is 1. The molecule has 0 aliphatic carbocycles. The molecule has 0 amide bonds. The number of quaternary nitrogens is 1. The minimum Gasteiger partial charge on any atom is -0.373 e. The highest BCUT2D eigenvalue weighted by atomic mass is 31.2. The number of hydrogen-bond donors (Lipinski definition) is 3. The predicted molar refractivity (Wildman–Crippen MR) is 133 cm³/mol. The zero-order valence-corrected chi connectivity index (χ0v) is 21.9. The molecule has 0 saturated heterocycles. The molecule has 0 aliphatic heterocycles. The normalized spacial score (nSPS) is 14.9. The van der Waals surface area contributed by atoms with Crippen LogP contribution in [0, 0.1) is 0 Å². The first-order valence-electron chi connectivity index (χ1n) is 12.8. The van der Waals surface area contributed by atoms with E-state index in [1.165, 1.54) is 83.5 Å². The highest BCUT2D eigenvalue weighted by molar-refractivity contribution is 7.53. The zero-order chi connectivity index (χ0) is 23.6. The van der Waals surface area contributed by atoms with E-state index in [1.54, 1.807) is 0 Å². The molecule has 0 bridgehead atoms. The molecule has 186 valence electrons. The van der Waals surface area contributed by atoms with Gasteiger partial charge in [0, 0.05) is 0 Å². The molecule has 0 radical (unpaired) electrons. The van der Waals surface area contributed by atoms with Gasteiger partial charge < -0.3 is 19.4 Å². The Hall–Kier alpha value is -0.190. The van der Waals surface area contributed by atoms with E-state index < -0.39 is 12.9 Å². The van der Waals surface area contributed by atoms with Crippen molar-refractivity contribution in [3.63, 3.8) is 0 Å². The molecule has 1 atom stereocenters. The van der Waals surface area contributed by atoms with Crippen LogP contribution in [-0.2, 0) is 4.57 Å². The maximum atomic E-state index is 11.8. The van der Waals surface area contributed by atoms with E-state index in [1.807, 2.05) is 27.2 Å². The number of aliphatic hydroxyl groups is 1. The summed E-state index contributed by atoms with van der Waals surface area (Å²) in [5.41, 5.74) is 0. The van der Waals surface area contributed by atoms with Crippen LogP contribution in [0.4, 0.5) is 0 Å². The smallest absolute Gasteiger partial charge is 0.362 e. The van der Waals surface area contributed by atoms with E-state index >= 15 is 0 Å². The Morgan fingerprint density at radius 2 is 1.10 bits per heavy atom. The molecule has 0 aliphatic rings. The van der Waals surface area contributed by atoms with E-state index in [-0.39, 0.29) is 13.0 Å². The fourth-order valence-corrected chi connectivity index (χ4v) is 5.11. The maximum Gasteiger partial charge on any atom is 0.362 e. The minimum absolute atomic E-state index is 0.0318. The van der Waals surface area contributed by atoms with Crippen molar-refractivity contribution in [3.8, 4) is 0 Å². The topological polar surface area (TPSA) is 77.8 Å². The molecule has 3 N–H and O–H groups in total. The van der Waals surface area contributed by atoms with Gasteiger partial charge >= 0.3 is 7.60 Å². The number of allylic oxidation sites excluding steroid dienone is 2. The summed E-state index contributed by atoms with van der Waals surface area (Å²) >= 11 is 0. The second kappa shape index (κ2) is 17.3. The van der Waals surface area contributed by atoms with Crippen molar-refractivity contribution in [1.29, 1.82) is 0 Å². The molecule has 1 unspecified atom stereocenters. The molecule has 0 fully saturated rings. The first-order chi connectivity index (χ1) is 14.5. The summed E-state index contributed by atoms with van der Waals surface area (Å²) in [5.74, 6) is 0. The van der Waals surface area contributed by atoms with Crippen molar-refractivity contribution in [3.05, 3.63) is 12.2 Å². The highest BCUT2D eigenvalue weighted by Crippen LogP contribution is 2.52. The summed E-state index contributed by atoms with van der Waals surface area (Å²) in [6.07, 6.45) is 24.6. The number of rotatable bonds is 21. The summed E-state index contributed by atoms with van der Waals surface area (Å²) in [7, 11) is 0.906. The molecule has 0 saturated carbocycles. The summed E-state index contributed by atoms with van der Waals surface area (Å²) in [6.45, 7) is 2.30. The van der Waals surface area contributed by atoms with Crippen LogP contribution in [0.3, 0.4) is 0 Å². The van der Waals surface area contributed by atoms with Crippen molar-refractivity contribution in [2.75, 3.05) is 27.7 Å². The summed E-state index contributed by atoms with van der Waals surface area (Å²) in [5, 5.41) is 8.55. The molecule has 0 aromatic heterocycles. The average Bonchev–Trinajstić information content (AvgIpc) is 2.65. The standard InChI is InChI=1S/C25H52NO4P/c1-5-6-7-8-9-10-11-12-13-14-15-16-17-18-19-20-21-22-23-25(27,31(28,29)30)24-26(2,3)4/h20-21,27H,5-19,22-24H2,1-4H3,(H-,28,29,30)/p+1/b21-20-. The maximum absolute atomic E-state index is 11.8. The van der Waals surface area contributed by atoms with Crippen LogP contribution < -0.4 is 0 Å². The molecular formula is C25H53NO4P+. The van der Waals surface area contributed by atoms with Crippen molar-refractivity contribution in [2.45, 2.75) is 121 Å². The molecule has 0 rings (SSSR count).